The maximum absolute atomic E-state index is 13.0. The van der Waals surface area contributed by atoms with Crippen molar-refractivity contribution in [2.45, 2.75) is 19.4 Å². The highest BCUT2D eigenvalue weighted by Crippen LogP contribution is 2.19. The number of hydrogen-bond acceptors (Lipinski definition) is 3. The Morgan fingerprint density at radius 2 is 2.31 bits per heavy atom. The maximum Gasteiger partial charge on any atom is 0.123 e. The van der Waals surface area contributed by atoms with Gasteiger partial charge in [0.25, 0.3) is 0 Å². The Labute approximate surface area is 97.9 Å². The lowest BCUT2D eigenvalue weighted by Crippen LogP contribution is -2.13. The Kier molecular flexibility index (Phi) is 3.31. The minimum Gasteiger partial charge on any atom is -0.324 e. The molecule has 1 aromatic carbocycles. The van der Waals surface area contributed by atoms with Gasteiger partial charge in [0.05, 0.1) is 5.01 Å². The monoisotopic (exact) mass is 236 g/mol. The summed E-state index contributed by atoms with van der Waals surface area (Å²) >= 11 is 1.59. The van der Waals surface area contributed by atoms with Crippen LogP contribution in [0.25, 0.3) is 0 Å². The molecule has 0 amide bonds. The molecule has 2 nitrogen and oxygen atoms in total. The lowest BCUT2D eigenvalue weighted by atomic mass is 10.1. The van der Waals surface area contributed by atoms with Crippen molar-refractivity contribution in [3.05, 3.63) is 51.7 Å². The van der Waals surface area contributed by atoms with Crippen LogP contribution in [0.4, 0.5) is 4.39 Å². The lowest BCUT2D eigenvalue weighted by Gasteiger charge is -2.09. The third-order valence-corrected chi connectivity index (χ3v) is 3.33. The van der Waals surface area contributed by atoms with Gasteiger partial charge in [-0.15, -0.1) is 11.3 Å². The van der Waals surface area contributed by atoms with Gasteiger partial charge in [0.1, 0.15) is 5.82 Å². The van der Waals surface area contributed by atoms with Crippen LogP contribution in [-0.4, -0.2) is 4.98 Å². The molecule has 4 heteroatoms. The van der Waals surface area contributed by atoms with Crippen molar-refractivity contribution in [1.82, 2.24) is 4.98 Å². The Hall–Kier alpha value is -1.26. The highest BCUT2D eigenvalue weighted by Gasteiger charge is 2.10. The Morgan fingerprint density at radius 1 is 1.50 bits per heavy atom. The van der Waals surface area contributed by atoms with Gasteiger partial charge in [0.2, 0.25) is 0 Å². The normalized spacial score (nSPS) is 12.7. The summed E-state index contributed by atoms with van der Waals surface area (Å²) in [5.74, 6) is -0.247. The molecule has 2 aromatic rings. The van der Waals surface area contributed by atoms with Crippen LogP contribution in [0.15, 0.2) is 29.6 Å². The topological polar surface area (TPSA) is 38.9 Å². The zero-order valence-corrected chi connectivity index (χ0v) is 9.80. The predicted molar refractivity (Wildman–Crippen MR) is 63.9 cm³/mol. The SMILES string of the molecule is Cc1csc(CC(N)c2cccc(F)c2)n1. The number of halogens is 1. The van der Waals surface area contributed by atoms with Gasteiger partial charge >= 0.3 is 0 Å². The molecule has 0 radical (unpaired) electrons. The molecule has 1 heterocycles. The van der Waals surface area contributed by atoms with Gasteiger partial charge in [0, 0.05) is 23.5 Å². The molecule has 2 rings (SSSR count). The van der Waals surface area contributed by atoms with E-state index in [9.17, 15) is 4.39 Å². The number of aromatic nitrogens is 1. The van der Waals surface area contributed by atoms with Crippen molar-refractivity contribution >= 4 is 11.3 Å². The van der Waals surface area contributed by atoms with Crippen molar-refractivity contribution in [3.8, 4) is 0 Å². The molecule has 0 fully saturated rings. The van der Waals surface area contributed by atoms with Crippen LogP contribution < -0.4 is 5.73 Å². The maximum atomic E-state index is 13.0. The summed E-state index contributed by atoms with van der Waals surface area (Å²) in [4.78, 5) is 4.34. The fraction of sp³-hybridized carbons (Fsp3) is 0.250. The predicted octanol–water partition coefficient (Wildman–Crippen LogP) is 2.83. The molecule has 1 aromatic heterocycles. The van der Waals surface area contributed by atoms with Gasteiger partial charge in [-0.2, -0.15) is 0 Å². The fourth-order valence-corrected chi connectivity index (χ4v) is 2.37. The van der Waals surface area contributed by atoms with Gasteiger partial charge in [-0.1, -0.05) is 12.1 Å². The van der Waals surface area contributed by atoms with E-state index in [0.717, 1.165) is 16.3 Å². The molecule has 0 saturated heterocycles. The zero-order chi connectivity index (χ0) is 11.5. The summed E-state index contributed by atoms with van der Waals surface area (Å²) < 4.78 is 13.0. The first-order valence-corrected chi connectivity index (χ1v) is 5.95. The highest BCUT2D eigenvalue weighted by molar-refractivity contribution is 7.09. The summed E-state index contributed by atoms with van der Waals surface area (Å²) in [7, 11) is 0. The van der Waals surface area contributed by atoms with Crippen LogP contribution >= 0.6 is 11.3 Å². The molecule has 0 saturated carbocycles. The third-order valence-electron chi connectivity index (χ3n) is 2.34. The molecule has 16 heavy (non-hydrogen) atoms. The van der Waals surface area contributed by atoms with Gasteiger partial charge in [-0.25, -0.2) is 9.37 Å². The minimum absolute atomic E-state index is 0.193. The highest BCUT2D eigenvalue weighted by atomic mass is 32.1. The van der Waals surface area contributed by atoms with Gasteiger partial charge in [0.15, 0.2) is 0 Å². The van der Waals surface area contributed by atoms with Crippen LogP contribution in [0.2, 0.25) is 0 Å². The number of nitrogens with zero attached hydrogens (tertiary/aromatic N) is 1. The van der Waals surface area contributed by atoms with Crippen molar-refractivity contribution in [2.24, 2.45) is 5.73 Å². The summed E-state index contributed by atoms with van der Waals surface area (Å²) in [6.45, 7) is 1.95. The van der Waals surface area contributed by atoms with E-state index in [1.165, 1.54) is 12.1 Å². The standard InChI is InChI=1S/C12H13FN2S/c1-8-7-16-12(15-8)6-11(14)9-3-2-4-10(13)5-9/h2-5,7,11H,6,14H2,1H3. The average molecular weight is 236 g/mol. The number of aryl methyl sites for hydroxylation is 1. The second-order valence-corrected chi connectivity index (χ2v) is 4.69. The average Bonchev–Trinajstić information content (AvgIpc) is 2.64. The number of nitrogens with two attached hydrogens (primary N) is 1. The van der Waals surface area contributed by atoms with Crippen LogP contribution in [0, 0.1) is 12.7 Å². The summed E-state index contributed by atoms with van der Waals surface area (Å²) in [5.41, 5.74) is 7.82. The van der Waals surface area contributed by atoms with E-state index in [1.807, 2.05) is 18.4 Å². The minimum atomic E-state index is -0.247. The number of rotatable bonds is 3. The van der Waals surface area contributed by atoms with E-state index < -0.39 is 0 Å². The van der Waals surface area contributed by atoms with Crippen LogP contribution in [0.3, 0.4) is 0 Å². The van der Waals surface area contributed by atoms with Gasteiger partial charge in [-0.3, -0.25) is 0 Å². The largest absolute Gasteiger partial charge is 0.324 e. The first-order chi connectivity index (χ1) is 7.65. The third kappa shape index (κ3) is 2.65. The smallest absolute Gasteiger partial charge is 0.123 e. The molecule has 2 N–H and O–H groups in total. The molecule has 0 aliphatic heterocycles. The molecular weight excluding hydrogens is 223 g/mol. The Morgan fingerprint density at radius 3 is 2.94 bits per heavy atom. The van der Waals surface area contributed by atoms with Crippen molar-refractivity contribution in [2.75, 3.05) is 0 Å². The van der Waals surface area contributed by atoms with E-state index in [1.54, 1.807) is 17.4 Å². The quantitative estimate of drug-likeness (QED) is 0.890. The van der Waals surface area contributed by atoms with E-state index in [0.29, 0.717) is 6.42 Å². The van der Waals surface area contributed by atoms with Crippen molar-refractivity contribution in [1.29, 1.82) is 0 Å². The van der Waals surface area contributed by atoms with Gasteiger partial charge in [-0.05, 0) is 24.6 Å². The van der Waals surface area contributed by atoms with Crippen LogP contribution in [0.1, 0.15) is 22.3 Å². The second kappa shape index (κ2) is 4.72. The molecular formula is C12H13FN2S. The fourth-order valence-electron chi connectivity index (χ4n) is 1.54. The second-order valence-electron chi connectivity index (χ2n) is 3.75. The number of benzene rings is 1. The molecule has 1 unspecified atom stereocenters. The number of thiazole rings is 1. The van der Waals surface area contributed by atoms with Crippen LogP contribution in [0.5, 0.6) is 0 Å². The van der Waals surface area contributed by atoms with E-state index >= 15 is 0 Å². The van der Waals surface area contributed by atoms with E-state index in [-0.39, 0.29) is 11.9 Å². The van der Waals surface area contributed by atoms with Gasteiger partial charge < -0.3 is 5.73 Å². The summed E-state index contributed by atoms with van der Waals surface area (Å²) in [6, 6.07) is 6.22. The summed E-state index contributed by atoms with van der Waals surface area (Å²) in [5, 5.41) is 2.99. The molecule has 0 aliphatic carbocycles. The van der Waals surface area contributed by atoms with E-state index in [2.05, 4.69) is 4.98 Å². The molecule has 0 spiro atoms. The molecule has 84 valence electrons. The molecule has 0 bridgehead atoms. The first kappa shape index (κ1) is 11.2. The van der Waals surface area contributed by atoms with Crippen molar-refractivity contribution in [3.63, 3.8) is 0 Å². The Balaban J connectivity index is 2.11. The summed E-state index contributed by atoms with van der Waals surface area (Å²) in [6.07, 6.45) is 0.655. The first-order valence-electron chi connectivity index (χ1n) is 5.07. The number of hydrogen-bond donors (Lipinski definition) is 1. The zero-order valence-electron chi connectivity index (χ0n) is 8.98. The Bertz CT molecular complexity index is 481. The van der Waals surface area contributed by atoms with E-state index in [4.69, 9.17) is 5.73 Å². The lowest BCUT2D eigenvalue weighted by molar-refractivity contribution is 0.618. The molecule has 1 atom stereocenters. The van der Waals surface area contributed by atoms with Crippen molar-refractivity contribution < 1.29 is 4.39 Å². The molecule has 0 aliphatic rings. The van der Waals surface area contributed by atoms with Crippen LogP contribution in [-0.2, 0) is 6.42 Å².